The second kappa shape index (κ2) is 9.31. The summed E-state index contributed by atoms with van der Waals surface area (Å²) in [6, 6.07) is 17.3. The van der Waals surface area contributed by atoms with Gasteiger partial charge >= 0.3 is 0 Å². The Hall–Kier alpha value is -2.26. The predicted octanol–water partition coefficient (Wildman–Crippen LogP) is 6.13. The van der Waals surface area contributed by atoms with Crippen LogP contribution >= 0.6 is 15.9 Å². The lowest BCUT2D eigenvalue weighted by Crippen LogP contribution is -2.42. The first-order valence-corrected chi connectivity index (χ1v) is 12.1. The number of hydrogen-bond acceptors (Lipinski definition) is 5. The van der Waals surface area contributed by atoms with Crippen LogP contribution in [0.4, 0.5) is 4.39 Å². The smallest absolute Gasteiger partial charge is 0.167 e. The van der Waals surface area contributed by atoms with Gasteiger partial charge in [0, 0.05) is 40.0 Å². The molecule has 2 atom stereocenters. The Balaban J connectivity index is 1.85. The molecular weight excluding hydrogens is 493 g/mol. The minimum Gasteiger partial charge on any atom is -0.598 e. The number of benzene rings is 2. The van der Waals surface area contributed by atoms with Gasteiger partial charge in [-0.3, -0.25) is 0 Å². The van der Waals surface area contributed by atoms with Crippen LogP contribution in [0.15, 0.2) is 69.8 Å². The summed E-state index contributed by atoms with van der Waals surface area (Å²) in [5, 5.41) is 5.02. The topological polar surface area (TPSA) is 74.0 Å². The third-order valence-corrected chi connectivity index (χ3v) is 7.08. The van der Waals surface area contributed by atoms with Crippen LogP contribution in [0.1, 0.15) is 38.1 Å². The molecule has 0 aliphatic heterocycles. The summed E-state index contributed by atoms with van der Waals surface area (Å²) in [5.74, 6) is -0.409. The van der Waals surface area contributed by atoms with Crippen molar-refractivity contribution in [2.45, 2.75) is 38.0 Å². The van der Waals surface area contributed by atoms with Gasteiger partial charge in [0.15, 0.2) is 5.58 Å². The summed E-state index contributed by atoms with van der Waals surface area (Å²) >= 11 is 1.95. The molecule has 166 valence electrons. The number of nitrogens with one attached hydrogen (secondary N) is 1. The van der Waals surface area contributed by atoms with Crippen molar-refractivity contribution in [2.24, 2.45) is 0 Å². The molecule has 0 aliphatic carbocycles. The highest BCUT2D eigenvalue weighted by Gasteiger charge is 2.33. The van der Waals surface area contributed by atoms with Crippen LogP contribution in [0.3, 0.4) is 0 Å². The van der Waals surface area contributed by atoms with Crippen LogP contribution in [0.2, 0.25) is 0 Å². The lowest BCUT2D eigenvalue weighted by atomic mass is 9.93. The van der Waals surface area contributed by atoms with Crippen molar-refractivity contribution in [2.75, 3.05) is 0 Å². The van der Waals surface area contributed by atoms with E-state index < -0.39 is 28.0 Å². The summed E-state index contributed by atoms with van der Waals surface area (Å²) in [6.07, 6.45) is 0.338. The van der Waals surface area contributed by atoms with Gasteiger partial charge in [0.25, 0.3) is 0 Å². The van der Waals surface area contributed by atoms with Crippen LogP contribution in [-0.2, 0) is 17.8 Å². The molecule has 0 saturated heterocycles. The molecule has 5 nitrogen and oxygen atoms in total. The average molecular weight is 516 g/mol. The molecule has 0 spiro atoms. The first-order chi connectivity index (χ1) is 15.2. The molecule has 8 heteroatoms. The van der Waals surface area contributed by atoms with E-state index in [0.29, 0.717) is 33.4 Å². The largest absolute Gasteiger partial charge is 0.598 e. The van der Waals surface area contributed by atoms with Gasteiger partial charge in [-0.05, 0) is 67.0 Å². The van der Waals surface area contributed by atoms with E-state index in [2.05, 4.69) is 30.8 Å². The van der Waals surface area contributed by atoms with Gasteiger partial charge in [0.05, 0.1) is 6.04 Å². The molecule has 0 aliphatic rings. The SMILES string of the molecule is CC(C)(C)[S@+]([O-])NC(Cc1cccc(Br)n1)c1c(F)cccc1-c1noc2ccccc12. The van der Waals surface area contributed by atoms with Gasteiger partial charge in [0.2, 0.25) is 0 Å². The molecule has 0 radical (unpaired) electrons. The Morgan fingerprint density at radius 2 is 1.84 bits per heavy atom. The third kappa shape index (κ3) is 4.88. The summed E-state index contributed by atoms with van der Waals surface area (Å²) in [7, 11) is 0. The van der Waals surface area contributed by atoms with E-state index in [9.17, 15) is 4.55 Å². The summed E-state index contributed by atoms with van der Waals surface area (Å²) in [5.41, 5.74) is 2.88. The van der Waals surface area contributed by atoms with Crippen LogP contribution in [0, 0.1) is 5.82 Å². The van der Waals surface area contributed by atoms with Gasteiger partial charge in [-0.1, -0.05) is 35.5 Å². The van der Waals surface area contributed by atoms with E-state index in [1.54, 1.807) is 6.07 Å². The first-order valence-electron chi connectivity index (χ1n) is 10.2. The zero-order valence-electron chi connectivity index (χ0n) is 17.9. The van der Waals surface area contributed by atoms with Crippen molar-refractivity contribution < 1.29 is 13.5 Å². The Morgan fingerprint density at radius 1 is 1.09 bits per heavy atom. The normalized spacial score (nSPS) is 13.9. The average Bonchev–Trinajstić information content (AvgIpc) is 3.16. The zero-order valence-corrected chi connectivity index (χ0v) is 20.3. The molecule has 4 rings (SSSR count). The van der Waals surface area contributed by atoms with Crippen molar-refractivity contribution in [1.82, 2.24) is 14.9 Å². The number of para-hydroxylation sites is 1. The number of pyridine rings is 1. The lowest BCUT2D eigenvalue weighted by molar-refractivity contribution is 0.459. The fraction of sp³-hybridized carbons (Fsp3) is 0.250. The van der Waals surface area contributed by atoms with E-state index in [0.717, 1.165) is 11.1 Å². The molecular formula is C24H23BrFN3O2S. The molecule has 0 fully saturated rings. The predicted molar refractivity (Wildman–Crippen MR) is 129 cm³/mol. The van der Waals surface area contributed by atoms with Gasteiger partial charge in [-0.2, -0.15) is 0 Å². The van der Waals surface area contributed by atoms with Crippen molar-refractivity contribution in [1.29, 1.82) is 0 Å². The molecule has 0 saturated carbocycles. The maximum absolute atomic E-state index is 15.4. The highest BCUT2D eigenvalue weighted by molar-refractivity contribution is 9.10. The molecule has 2 heterocycles. The third-order valence-electron chi connectivity index (χ3n) is 5.03. The monoisotopic (exact) mass is 515 g/mol. The van der Waals surface area contributed by atoms with Crippen LogP contribution < -0.4 is 4.72 Å². The molecule has 1 N–H and O–H groups in total. The second-order valence-corrected chi connectivity index (χ2v) is 11.2. The standard InChI is InChI=1S/C24H23BrFN3O2S/c1-24(2,3)32(30)29-19(14-15-8-6-13-21(25)27-15)22-17(10-7-11-18(22)26)23-16-9-4-5-12-20(16)31-28-23/h4-13,19,29H,14H2,1-3H3/t19?,32-/m0/s1. The maximum atomic E-state index is 15.4. The van der Waals surface area contributed by atoms with Crippen molar-refractivity contribution in [3.05, 3.63) is 82.3 Å². The lowest BCUT2D eigenvalue weighted by Gasteiger charge is -2.29. The number of fused-ring (bicyclic) bond motifs is 1. The van der Waals surface area contributed by atoms with E-state index in [4.69, 9.17) is 4.52 Å². The van der Waals surface area contributed by atoms with Gasteiger partial charge < -0.3 is 9.08 Å². The fourth-order valence-electron chi connectivity index (χ4n) is 3.46. The van der Waals surface area contributed by atoms with Crippen LogP contribution in [0.25, 0.3) is 22.2 Å². The number of nitrogens with zero attached hydrogens (tertiary/aromatic N) is 2. The van der Waals surface area contributed by atoms with Gasteiger partial charge in [-0.15, -0.1) is 4.72 Å². The van der Waals surface area contributed by atoms with Gasteiger partial charge in [-0.25, -0.2) is 9.37 Å². The highest BCUT2D eigenvalue weighted by Crippen LogP contribution is 2.36. The molecule has 32 heavy (non-hydrogen) atoms. The Bertz CT molecular complexity index is 1240. The summed E-state index contributed by atoms with van der Waals surface area (Å²) in [6.45, 7) is 5.62. The molecule has 4 aromatic rings. The summed E-state index contributed by atoms with van der Waals surface area (Å²) in [4.78, 5) is 4.50. The molecule has 1 unspecified atom stereocenters. The van der Waals surface area contributed by atoms with Gasteiger partial charge in [0.1, 0.15) is 20.9 Å². The first kappa shape index (κ1) is 22.9. The Kier molecular flexibility index (Phi) is 6.67. The van der Waals surface area contributed by atoms with E-state index >= 15 is 4.39 Å². The highest BCUT2D eigenvalue weighted by atomic mass is 79.9. The maximum Gasteiger partial charge on any atom is 0.167 e. The number of halogens is 2. The minimum absolute atomic E-state index is 0.338. The second-order valence-electron chi connectivity index (χ2n) is 8.44. The van der Waals surface area contributed by atoms with Crippen molar-refractivity contribution in [3.63, 3.8) is 0 Å². The van der Waals surface area contributed by atoms with Crippen molar-refractivity contribution in [3.8, 4) is 11.3 Å². The van der Waals surface area contributed by atoms with Crippen LogP contribution in [0.5, 0.6) is 0 Å². The molecule has 2 aromatic heterocycles. The number of hydrogen-bond donors (Lipinski definition) is 1. The fourth-order valence-corrected chi connectivity index (χ4v) is 4.65. The van der Waals surface area contributed by atoms with E-state index in [1.807, 2.05) is 69.3 Å². The van der Waals surface area contributed by atoms with Crippen LogP contribution in [-0.4, -0.2) is 19.4 Å². The minimum atomic E-state index is -1.44. The Morgan fingerprint density at radius 3 is 2.59 bits per heavy atom. The quantitative estimate of drug-likeness (QED) is 0.247. The zero-order chi connectivity index (χ0) is 22.9. The molecule has 0 bridgehead atoms. The molecule has 0 amide bonds. The number of rotatable bonds is 6. The number of aromatic nitrogens is 2. The molecule has 2 aromatic carbocycles. The van der Waals surface area contributed by atoms with E-state index in [1.165, 1.54) is 6.07 Å². The van der Waals surface area contributed by atoms with E-state index in [-0.39, 0.29) is 0 Å². The summed E-state index contributed by atoms with van der Waals surface area (Å²) < 4.78 is 37.2. The Labute approximate surface area is 197 Å². The van der Waals surface area contributed by atoms with Crippen molar-refractivity contribution >= 4 is 38.3 Å².